The van der Waals surface area contributed by atoms with Crippen molar-refractivity contribution in [3.8, 4) is 0 Å². The number of likely N-dealkylation sites (tertiary alicyclic amines) is 1. The van der Waals surface area contributed by atoms with Crippen LogP contribution in [0.1, 0.15) is 40.5 Å². The molecule has 0 aromatic carbocycles. The molecule has 1 saturated heterocycles. The summed E-state index contributed by atoms with van der Waals surface area (Å²) in [5.74, 6) is 0.637. The van der Waals surface area contributed by atoms with E-state index >= 15 is 0 Å². The van der Waals surface area contributed by atoms with Gasteiger partial charge in [0.15, 0.2) is 0 Å². The molecular formula is C13H27N3O. The van der Waals surface area contributed by atoms with Crippen LogP contribution in [-0.4, -0.2) is 42.6 Å². The topological polar surface area (TPSA) is 44.4 Å². The highest BCUT2D eigenvalue weighted by Crippen LogP contribution is 2.11. The molecule has 0 spiro atoms. The van der Waals surface area contributed by atoms with Gasteiger partial charge in [-0.05, 0) is 32.6 Å². The Morgan fingerprint density at radius 2 is 2.06 bits per heavy atom. The number of amides is 2. The van der Waals surface area contributed by atoms with Crippen molar-refractivity contribution >= 4 is 6.03 Å². The molecule has 0 saturated carbocycles. The Morgan fingerprint density at radius 1 is 1.35 bits per heavy atom. The standard InChI is InChI=1S/C13H27N3O/c1-10(2)5-7-14-13(17)15-12-6-8-16(9-12)11(3)4/h10-12H,5-9H2,1-4H3,(H2,14,15,17). The van der Waals surface area contributed by atoms with Gasteiger partial charge in [0.1, 0.15) is 0 Å². The molecule has 1 fully saturated rings. The van der Waals surface area contributed by atoms with Crippen LogP contribution in [0.2, 0.25) is 0 Å². The summed E-state index contributed by atoms with van der Waals surface area (Å²) in [7, 11) is 0. The summed E-state index contributed by atoms with van der Waals surface area (Å²) in [4.78, 5) is 14.0. The fraction of sp³-hybridized carbons (Fsp3) is 0.923. The van der Waals surface area contributed by atoms with E-state index in [0.29, 0.717) is 18.0 Å². The van der Waals surface area contributed by atoms with E-state index in [9.17, 15) is 4.79 Å². The minimum atomic E-state index is -0.0127. The molecule has 0 radical (unpaired) electrons. The molecule has 1 aliphatic rings. The van der Waals surface area contributed by atoms with Crippen LogP contribution in [0.15, 0.2) is 0 Å². The highest BCUT2D eigenvalue weighted by molar-refractivity contribution is 5.74. The van der Waals surface area contributed by atoms with E-state index in [1.54, 1.807) is 0 Å². The van der Waals surface area contributed by atoms with Crippen LogP contribution in [0.25, 0.3) is 0 Å². The number of nitrogens with zero attached hydrogens (tertiary/aromatic N) is 1. The van der Waals surface area contributed by atoms with Crippen LogP contribution >= 0.6 is 0 Å². The minimum absolute atomic E-state index is 0.0127. The first-order chi connectivity index (χ1) is 7.99. The lowest BCUT2D eigenvalue weighted by atomic mass is 10.1. The zero-order valence-electron chi connectivity index (χ0n) is 11.6. The van der Waals surface area contributed by atoms with Gasteiger partial charge in [0, 0.05) is 31.7 Å². The lowest BCUT2D eigenvalue weighted by molar-refractivity contribution is 0.233. The molecule has 1 aliphatic heterocycles. The maximum absolute atomic E-state index is 11.6. The second-order valence-electron chi connectivity index (χ2n) is 5.66. The monoisotopic (exact) mass is 241 g/mol. The fourth-order valence-electron chi connectivity index (χ4n) is 2.08. The Labute approximate surface area is 105 Å². The van der Waals surface area contributed by atoms with Crippen LogP contribution in [0.4, 0.5) is 4.79 Å². The predicted molar refractivity (Wildman–Crippen MR) is 71.1 cm³/mol. The van der Waals surface area contributed by atoms with Crippen LogP contribution < -0.4 is 10.6 Å². The summed E-state index contributed by atoms with van der Waals surface area (Å²) in [5.41, 5.74) is 0. The molecule has 0 aromatic rings. The van der Waals surface area contributed by atoms with Crippen molar-refractivity contribution in [2.75, 3.05) is 19.6 Å². The highest BCUT2D eigenvalue weighted by Gasteiger charge is 2.24. The van der Waals surface area contributed by atoms with Crippen molar-refractivity contribution in [2.45, 2.75) is 52.6 Å². The van der Waals surface area contributed by atoms with Crippen LogP contribution in [0.3, 0.4) is 0 Å². The van der Waals surface area contributed by atoms with Crippen molar-refractivity contribution in [3.05, 3.63) is 0 Å². The smallest absolute Gasteiger partial charge is 0.315 e. The predicted octanol–water partition coefficient (Wildman–Crippen LogP) is 1.81. The van der Waals surface area contributed by atoms with Crippen LogP contribution in [0.5, 0.6) is 0 Å². The van der Waals surface area contributed by atoms with Gasteiger partial charge >= 0.3 is 6.03 Å². The van der Waals surface area contributed by atoms with E-state index in [1.165, 1.54) is 0 Å². The van der Waals surface area contributed by atoms with Crippen molar-refractivity contribution < 1.29 is 4.79 Å². The number of hydrogen-bond donors (Lipinski definition) is 2. The molecule has 0 aromatic heterocycles. The number of carbonyl (C=O) groups excluding carboxylic acids is 1. The molecule has 4 nitrogen and oxygen atoms in total. The van der Waals surface area contributed by atoms with E-state index in [4.69, 9.17) is 0 Å². The zero-order valence-corrected chi connectivity index (χ0v) is 11.6. The quantitative estimate of drug-likeness (QED) is 0.771. The first kappa shape index (κ1) is 14.3. The van der Waals surface area contributed by atoms with Crippen molar-refractivity contribution in [2.24, 2.45) is 5.92 Å². The first-order valence-electron chi connectivity index (χ1n) is 6.77. The number of nitrogens with one attached hydrogen (secondary N) is 2. The Bertz CT molecular complexity index is 241. The Morgan fingerprint density at radius 3 is 2.59 bits per heavy atom. The third-order valence-corrected chi connectivity index (χ3v) is 3.29. The molecule has 2 N–H and O–H groups in total. The summed E-state index contributed by atoms with van der Waals surface area (Å²) >= 11 is 0. The Balaban J connectivity index is 2.15. The zero-order chi connectivity index (χ0) is 12.8. The maximum atomic E-state index is 11.6. The van der Waals surface area contributed by atoms with Crippen LogP contribution in [-0.2, 0) is 0 Å². The summed E-state index contributed by atoms with van der Waals surface area (Å²) in [5, 5.41) is 5.96. The summed E-state index contributed by atoms with van der Waals surface area (Å²) in [6.07, 6.45) is 2.10. The average Bonchev–Trinajstić information content (AvgIpc) is 2.65. The normalized spacial score (nSPS) is 21.2. The lowest BCUT2D eigenvalue weighted by Gasteiger charge is -2.20. The molecule has 0 bridgehead atoms. The van der Waals surface area contributed by atoms with Gasteiger partial charge in [-0.15, -0.1) is 0 Å². The highest BCUT2D eigenvalue weighted by atomic mass is 16.2. The van der Waals surface area contributed by atoms with Crippen molar-refractivity contribution in [1.82, 2.24) is 15.5 Å². The van der Waals surface area contributed by atoms with Gasteiger partial charge in [-0.1, -0.05) is 13.8 Å². The lowest BCUT2D eigenvalue weighted by Crippen LogP contribution is -2.44. The van der Waals surface area contributed by atoms with E-state index in [1.807, 2.05) is 0 Å². The molecule has 17 heavy (non-hydrogen) atoms. The number of rotatable bonds is 5. The number of urea groups is 1. The van der Waals surface area contributed by atoms with Gasteiger partial charge in [-0.3, -0.25) is 4.90 Å². The summed E-state index contributed by atoms with van der Waals surface area (Å²) < 4.78 is 0. The van der Waals surface area contributed by atoms with Gasteiger partial charge in [0.2, 0.25) is 0 Å². The van der Waals surface area contributed by atoms with E-state index in [2.05, 4.69) is 43.2 Å². The third-order valence-electron chi connectivity index (χ3n) is 3.29. The van der Waals surface area contributed by atoms with E-state index in [-0.39, 0.29) is 6.03 Å². The Kier molecular flexibility index (Phi) is 5.75. The van der Waals surface area contributed by atoms with E-state index in [0.717, 1.165) is 32.5 Å². The van der Waals surface area contributed by atoms with Gasteiger partial charge in [-0.2, -0.15) is 0 Å². The van der Waals surface area contributed by atoms with Crippen molar-refractivity contribution in [1.29, 1.82) is 0 Å². The largest absolute Gasteiger partial charge is 0.338 e. The second kappa shape index (κ2) is 6.84. The SMILES string of the molecule is CC(C)CCNC(=O)NC1CCN(C(C)C)C1. The summed E-state index contributed by atoms with van der Waals surface area (Å²) in [6, 6.07) is 0.878. The number of carbonyl (C=O) groups is 1. The average molecular weight is 241 g/mol. The molecule has 2 amide bonds. The molecule has 1 rings (SSSR count). The molecule has 100 valence electrons. The Hall–Kier alpha value is -0.770. The maximum Gasteiger partial charge on any atom is 0.315 e. The molecule has 1 unspecified atom stereocenters. The minimum Gasteiger partial charge on any atom is -0.338 e. The van der Waals surface area contributed by atoms with Crippen LogP contribution in [0, 0.1) is 5.92 Å². The van der Waals surface area contributed by atoms with E-state index < -0.39 is 0 Å². The van der Waals surface area contributed by atoms with Gasteiger partial charge < -0.3 is 10.6 Å². The van der Waals surface area contributed by atoms with Gasteiger partial charge in [0.05, 0.1) is 0 Å². The van der Waals surface area contributed by atoms with Gasteiger partial charge in [-0.25, -0.2) is 4.79 Å². The number of hydrogen-bond acceptors (Lipinski definition) is 2. The fourth-order valence-corrected chi connectivity index (χ4v) is 2.08. The molecule has 1 heterocycles. The third kappa shape index (κ3) is 5.39. The molecule has 4 heteroatoms. The second-order valence-corrected chi connectivity index (χ2v) is 5.66. The molecular weight excluding hydrogens is 214 g/mol. The first-order valence-corrected chi connectivity index (χ1v) is 6.77. The summed E-state index contributed by atoms with van der Waals surface area (Å²) in [6.45, 7) is 11.6. The van der Waals surface area contributed by atoms with Gasteiger partial charge in [0.25, 0.3) is 0 Å². The molecule has 0 aliphatic carbocycles. The van der Waals surface area contributed by atoms with Crippen molar-refractivity contribution in [3.63, 3.8) is 0 Å². The molecule has 1 atom stereocenters.